The van der Waals surface area contributed by atoms with Crippen LogP contribution < -0.4 is 0 Å². The first-order valence-corrected chi connectivity index (χ1v) is 20.7. The van der Waals surface area contributed by atoms with Gasteiger partial charge in [-0.15, -0.1) is 0 Å². The summed E-state index contributed by atoms with van der Waals surface area (Å²) >= 11 is 0. The molecule has 2 heterocycles. The second kappa shape index (κ2) is 15.1. The molecule has 1 spiro atoms. The number of hydrogen-bond donors (Lipinski definition) is 1. The Balaban J connectivity index is 1.29. The fourth-order valence-electron chi connectivity index (χ4n) is 12.6. The van der Waals surface area contributed by atoms with Gasteiger partial charge < -0.3 is 38.3 Å². The summed E-state index contributed by atoms with van der Waals surface area (Å²) in [6.45, 7) is 20.7. The Hall–Kier alpha value is -2.80. The Bertz CT molecular complexity index is 1600. The van der Waals surface area contributed by atoms with Crippen LogP contribution in [0.2, 0.25) is 0 Å². The summed E-state index contributed by atoms with van der Waals surface area (Å²) in [5.74, 6) is -0.896. The second-order valence-electron chi connectivity index (χ2n) is 19.4. The van der Waals surface area contributed by atoms with Crippen molar-refractivity contribution in [2.45, 2.75) is 169 Å². The van der Waals surface area contributed by atoms with Gasteiger partial charge in [-0.2, -0.15) is 0 Å². The fraction of sp³-hybridized carbons (Fsp3) is 0.818. The van der Waals surface area contributed by atoms with Gasteiger partial charge in [0.05, 0.1) is 23.9 Å². The first-order valence-electron chi connectivity index (χ1n) is 20.7. The van der Waals surface area contributed by atoms with Crippen molar-refractivity contribution in [2.75, 3.05) is 13.2 Å². The number of fused-ring (bicyclic) bond motifs is 2. The Labute approximate surface area is 332 Å². The molecule has 56 heavy (non-hydrogen) atoms. The molecule has 314 valence electrons. The minimum absolute atomic E-state index is 0.0153. The van der Waals surface area contributed by atoms with Crippen LogP contribution in [0.3, 0.4) is 0 Å². The van der Waals surface area contributed by atoms with Crippen molar-refractivity contribution in [1.29, 1.82) is 0 Å². The molecular formula is C44H66O12. The molecule has 2 aliphatic heterocycles. The highest BCUT2D eigenvalue weighted by atomic mass is 16.7. The van der Waals surface area contributed by atoms with Gasteiger partial charge >= 0.3 is 23.9 Å². The Kier molecular flexibility index (Phi) is 11.5. The predicted molar refractivity (Wildman–Crippen MR) is 204 cm³/mol. The van der Waals surface area contributed by atoms with Crippen LogP contribution >= 0.6 is 0 Å². The van der Waals surface area contributed by atoms with Crippen molar-refractivity contribution in [2.24, 2.45) is 45.3 Å². The highest BCUT2D eigenvalue weighted by Gasteiger charge is 2.75. The van der Waals surface area contributed by atoms with Crippen molar-refractivity contribution >= 4 is 23.9 Å². The monoisotopic (exact) mass is 786 g/mol. The number of esters is 4. The van der Waals surface area contributed by atoms with Crippen LogP contribution in [0.4, 0.5) is 0 Å². The van der Waals surface area contributed by atoms with Gasteiger partial charge in [-0.1, -0.05) is 58.9 Å². The van der Waals surface area contributed by atoms with Crippen LogP contribution in [0.25, 0.3) is 0 Å². The molecule has 6 aliphatic rings. The predicted octanol–water partition coefficient (Wildman–Crippen LogP) is 6.40. The Morgan fingerprint density at radius 3 is 2.12 bits per heavy atom. The topological polar surface area (TPSA) is 153 Å². The molecular weight excluding hydrogens is 720 g/mol. The molecule has 12 heteroatoms. The third kappa shape index (κ3) is 7.16. The van der Waals surface area contributed by atoms with Crippen LogP contribution in [0, 0.1) is 45.3 Å². The first-order chi connectivity index (χ1) is 26.0. The first kappa shape index (κ1) is 42.8. The van der Waals surface area contributed by atoms with Gasteiger partial charge in [0.15, 0.2) is 24.6 Å². The molecule has 2 bridgehead atoms. The van der Waals surface area contributed by atoms with Gasteiger partial charge in [0, 0.05) is 44.4 Å². The lowest BCUT2D eigenvalue weighted by Crippen LogP contribution is -2.67. The van der Waals surface area contributed by atoms with Crippen LogP contribution in [0.1, 0.15) is 121 Å². The van der Waals surface area contributed by atoms with Gasteiger partial charge in [-0.3, -0.25) is 19.2 Å². The second-order valence-corrected chi connectivity index (χ2v) is 19.4. The van der Waals surface area contributed by atoms with E-state index < -0.39 is 77.3 Å². The van der Waals surface area contributed by atoms with Crippen LogP contribution in [-0.4, -0.2) is 90.2 Å². The van der Waals surface area contributed by atoms with Crippen molar-refractivity contribution in [3.8, 4) is 0 Å². The SMILES string of the molecule is CC(=O)OC[C@H]1O[C@@H](O[C@H]2CC[C@H]3[C@]45CC[C@]6(C)[C@@H]([C@H](C)CC=CC(C)(C)O)CC[C@@]6(C)[C@@H]4C=C[C@]3(OC5)C2(C)C)[C@H](OC(C)=O)[C@@H](OC(C)=O)[C@@H]1OC(C)=O. The zero-order valence-corrected chi connectivity index (χ0v) is 35.4. The maximum atomic E-state index is 12.5. The van der Waals surface area contributed by atoms with Gasteiger partial charge in [-0.05, 0) is 87.4 Å². The average Bonchev–Trinajstić information content (AvgIpc) is 3.47. The highest BCUT2D eigenvalue weighted by molar-refractivity contribution is 5.68. The van der Waals surface area contributed by atoms with Crippen LogP contribution in [0.15, 0.2) is 24.3 Å². The number of rotatable bonds is 11. The standard InChI is InChI=1S/C44H66O12/c1-25(13-12-18-39(6,7)49)30-16-19-42(11)32-17-20-44-33(43(32,24-51-44)22-21-41(30,42)10)14-15-34(40(44,8)9)56-38-37(54-29(5)48)36(53-28(4)47)35(52-27(3)46)31(55-38)23-50-26(2)45/h12,17-18,20,25,30-38,49H,13-16,19,21-24H2,1-11H3/t25-,30-,31-,32+,33+,34+,35-,36+,37-,38+,41-,42+,43+,44-/m1/s1. The normalized spacial score (nSPS) is 42.9. The van der Waals surface area contributed by atoms with E-state index in [0.29, 0.717) is 30.8 Å². The maximum Gasteiger partial charge on any atom is 0.303 e. The summed E-state index contributed by atoms with van der Waals surface area (Å²) in [6, 6.07) is 0. The maximum absolute atomic E-state index is 12.5. The molecule has 0 amide bonds. The lowest BCUT2D eigenvalue weighted by Gasteiger charge is -2.65. The van der Waals surface area contributed by atoms with E-state index in [4.69, 9.17) is 33.2 Å². The van der Waals surface area contributed by atoms with Gasteiger partial charge in [0.2, 0.25) is 0 Å². The smallest absolute Gasteiger partial charge is 0.303 e. The number of carbonyl (C=O) groups is 4. The van der Waals surface area contributed by atoms with Crippen molar-refractivity contribution in [1.82, 2.24) is 0 Å². The molecule has 6 rings (SSSR count). The molecule has 0 aromatic heterocycles. The molecule has 2 saturated heterocycles. The summed E-state index contributed by atoms with van der Waals surface area (Å²) in [4.78, 5) is 49.1. The fourth-order valence-corrected chi connectivity index (χ4v) is 12.6. The van der Waals surface area contributed by atoms with E-state index in [9.17, 15) is 24.3 Å². The number of ether oxygens (including phenoxy) is 7. The third-order valence-corrected chi connectivity index (χ3v) is 15.3. The summed E-state index contributed by atoms with van der Waals surface area (Å²) in [5, 5.41) is 10.3. The molecule has 5 fully saturated rings. The van der Waals surface area contributed by atoms with Gasteiger partial charge in [0.25, 0.3) is 0 Å². The molecule has 0 unspecified atom stereocenters. The summed E-state index contributed by atoms with van der Waals surface area (Å²) in [5.41, 5.74) is -1.76. The van der Waals surface area contributed by atoms with Crippen LogP contribution in [0.5, 0.6) is 0 Å². The molecule has 0 aromatic rings. The average molecular weight is 787 g/mol. The molecule has 12 nitrogen and oxygen atoms in total. The number of carbonyl (C=O) groups excluding carboxylic acids is 4. The summed E-state index contributed by atoms with van der Waals surface area (Å²) < 4.78 is 42.7. The van der Waals surface area contributed by atoms with E-state index in [-0.39, 0.29) is 28.8 Å². The molecule has 1 N–H and O–H groups in total. The van der Waals surface area contributed by atoms with Crippen LogP contribution in [-0.2, 0) is 52.3 Å². The van der Waals surface area contributed by atoms with E-state index >= 15 is 0 Å². The molecule has 14 atom stereocenters. The minimum atomic E-state index is -1.30. The van der Waals surface area contributed by atoms with E-state index in [2.05, 4.69) is 52.8 Å². The molecule has 3 saturated carbocycles. The van der Waals surface area contributed by atoms with E-state index in [1.807, 2.05) is 19.9 Å². The Morgan fingerprint density at radius 2 is 1.50 bits per heavy atom. The lowest BCUT2D eigenvalue weighted by molar-refractivity contribution is -0.333. The largest absolute Gasteiger partial charge is 0.463 e. The third-order valence-electron chi connectivity index (χ3n) is 15.3. The van der Waals surface area contributed by atoms with Gasteiger partial charge in [0.1, 0.15) is 12.7 Å². The zero-order valence-electron chi connectivity index (χ0n) is 35.4. The minimum Gasteiger partial charge on any atom is -0.463 e. The lowest BCUT2D eigenvalue weighted by atomic mass is 9.38. The quantitative estimate of drug-likeness (QED) is 0.140. The summed E-state index contributed by atoms with van der Waals surface area (Å²) in [7, 11) is 0. The number of allylic oxidation sites excluding steroid dienone is 2. The molecule has 0 radical (unpaired) electrons. The van der Waals surface area contributed by atoms with E-state index in [0.717, 1.165) is 25.7 Å². The molecule has 4 aliphatic carbocycles. The van der Waals surface area contributed by atoms with Gasteiger partial charge in [-0.25, -0.2) is 0 Å². The van der Waals surface area contributed by atoms with E-state index in [1.54, 1.807) is 0 Å². The summed E-state index contributed by atoms with van der Waals surface area (Å²) in [6.07, 6.45) is 9.36. The number of hydrogen-bond acceptors (Lipinski definition) is 12. The van der Waals surface area contributed by atoms with Crippen molar-refractivity contribution in [3.05, 3.63) is 24.3 Å². The van der Waals surface area contributed by atoms with Crippen molar-refractivity contribution in [3.63, 3.8) is 0 Å². The highest BCUT2D eigenvalue weighted by Crippen LogP contribution is 2.77. The zero-order chi connectivity index (χ0) is 41.2. The van der Waals surface area contributed by atoms with E-state index in [1.165, 1.54) is 40.5 Å². The Morgan fingerprint density at radius 1 is 0.857 bits per heavy atom. The molecule has 0 aromatic carbocycles. The number of aliphatic hydroxyl groups is 1. The van der Waals surface area contributed by atoms with Crippen molar-refractivity contribution < 1.29 is 57.4 Å².